The maximum atomic E-state index is 11.7. The lowest BCUT2D eigenvalue weighted by molar-refractivity contribution is -0.144. The average molecular weight is 334 g/mol. The van der Waals surface area contributed by atoms with Crippen LogP contribution >= 0.6 is 0 Å². The summed E-state index contributed by atoms with van der Waals surface area (Å²) < 4.78 is 0. The molecule has 3 N–H and O–H groups in total. The van der Waals surface area contributed by atoms with E-state index in [1.807, 2.05) is 0 Å². The quantitative estimate of drug-likeness (QED) is 0.773. The number of carboxylic acids is 1. The van der Waals surface area contributed by atoms with Crippen LogP contribution in [0.25, 0.3) is 0 Å². The fourth-order valence-electron chi connectivity index (χ4n) is 3.77. The second-order valence-electron chi connectivity index (χ2n) is 8.10. The maximum Gasteiger partial charge on any atom is 0.309 e. The van der Waals surface area contributed by atoms with Gasteiger partial charge in [0.05, 0.1) is 17.2 Å². The average Bonchev–Trinajstić information content (AvgIpc) is 3.06. The summed E-state index contributed by atoms with van der Waals surface area (Å²) in [4.78, 5) is 25.5. The van der Waals surface area contributed by atoms with Crippen molar-refractivity contribution in [3.8, 4) is 0 Å². The molecule has 0 aliphatic carbocycles. The van der Waals surface area contributed by atoms with Gasteiger partial charge in [0.1, 0.15) is 0 Å². The van der Waals surface area contributed by atoms with Gasteiger partial charge in [0, 0.05) is 37.2 Å². The largest absolute Gasteiger partial charge is 0.481 e. The van der Waals surface area contributed by atoms with Gasteiger partial charge in [-0.1, -0.05) is 20.8 Å². The summed E-state index contributed by atoms with van der Waals surface area (Å²) in [6.07, 6.45) is 1.46. The summed E-state index contributed by atoms with van der Waals surface area (Å²) in [5.41, 5.74) is 1.56. The number of carbonyl (C=O) groups excluding carboxylic acids is 1. The van der Waals surface area contributed by atoms with E-state index in [4.69, 9.17) is 0 Å². The van der Waals surface area contributed by atoms with Crippen molar-refractivity contribution >= 4 is 11.9 Å². The molecule has 2 saturated heterocycles. The second kappa shape index (κ2) is 5.88. The Kier molecular flexibility index (Phi) is 4.15. The molecule has 2 aliphatic heterocycles. The topological polar surface area (TPSA) is 98.3 Å². The van der Waals surface area contributed by atoms with E-state index in [-0.39, 0.29) is 17.7 Å². The molecular weight excluding hydrogens is 308 g/mol. The Morgan fingerprint density at radius 3 is 2.62 bits per heavy atom. The van der Waals surface area contributed by atoms with Gasteiger partial charge in [0.15, 0.2) is 0 Å². The molecule has 1 aromatic rings. The number of hydrogen-bond donors (Lipinski definition) is 3. The predicted octanol–water partition coefficient (Wildman–Crippen LogP) is 1.26. The molecule has 0 radical (unpaired) electrons. The first kappa shape index (κ1) is 17.0. The zero-order chi connectivity index (χ0) is 17.5. The highest BCUT2D eigenvalue weighted by atomic mass is 16.4. The molecule has 7 nitrogen and oxygen atoms in total. The zero-order valence-electron chi connectivity index (χ0n) is 14.6. The van der Waals surface area contributed by atoms with Crippen molar-refractivity contribution in [2.24, 2.45) is 5.92 Å². The maximum absolute atomic E-state index is 11.7. The molecule has 2 fully saturated rings. The molecule has 0 aromatic carbocycles. The Bertz CT molecular complexity index is 639. The van der Waals surface area contributed by atoms with E-state index in [1.54, 1.807) is 0 Å². The Balaban J connectivity index is 1.62. The number of carboxylic acid groups (broad SMARTS) is 1. The number of aliphatic carboxylic acids is 1. The van der Waals surface area contributed by atoms with E-state index in [0.29, 0.717) is 12.8 Å². The van der Waals surface area contributed by atoms with Crippen LogP contribution in [0.3, 0.4) is 0 Å². The van der Waals surface area contributed by atoms with Crippen molar-refractivity contribution in [2.75, 3.05) is 13.1 Å². The number of piperidine rings is 1. The van der Waals surface area contributed by atoms with Gasteiger partial charge in [-0.2, -0.15) is 5.10 Å². The Morgan fingerprint density at radius 1 is 1.42 bits per heavy atom. The van der Waals surface area contributed by atoms with Gasteiger partial charge in [-0.3, -0.25) is 19.6 Å². The van der Waals surface area contributed by atoms with Crippen molar-refractivity contribution in [3.63, 3.8) is 0 Å². The second-order valence-corrected chi connectivity index (χ2v) is 8.10. The lowest BCUT2D eigenvalue weighted by atomic mass is 9.77. The van der Waals surface area contributed by atoms with Crippen LogP contribution in [-0.2, 0) is 21.5 Å². The molecular formula is C17H26N4O3. The molecule has 0 saturated carbocycles. The van der Waals surface area contributed by atoms with Crippen molar-refractivity contribution in [1.82, 2.24) is 20.4 Å². The molecule has 0 bridgehead atoms. The normalized spacial score (nSPS) is 24.3. The number of H-pyrrole nitrogens is 1. The van der Waals surface area contributed by atoms with Crippen LogP contribution in [0.15, 0.2) is 6.07 Å². The van der Waals surface area contributed by atoms with Crippen LogP contribution < -0.4 is 5.32 Å². The van der Waals surface area contributed by atoms with Crippen LogP contribution in [0.4, 0.5) is 0 Å². The Labute approximate surface area is 141 Å². The number of nitrogens with zero attached hydrogens (tertiary/aromatic N) is 2. The number of likely N-dealkylation sites (tertiary alicyclic amines) is 1. The number of aromatic amines is 1. The summed E-state index contributed by atoms with van der Waals surface area (Å²) in [5.74, 6) is -1.61. The fraction of sp³-hybridized carbons (Fsp3) is 0.706. The van der Waals surface area contributed by atoms with Crippen molar-refractivity contribution in [3.05, 3.63) is 17.5 Å². The summed E-state index contributed by atoms with van der Waals surface area (Å²) in [7, 11) is 0. The van der Waals surface area contributed by atoms with Gasteiger partial charge in [-0.25, -0.2) is 0 Å². The number of rotatable bonds is 3. The molecule has 1 aromatic heterocycles. The van der Waals surface area contributed by atoms with E-state index in [1.165, 1.54) is 0 Å². The fourth-order valence-corrected chi connectivity index (χ4v) is 3.77. The van der Waals surface area contributed by atoms with E-state index >= 15 is 0 Å². The molecule has 3 heterocycles. The van der Waals surface area contributed by atoms with Crippen molar-refractivity contribution < 1.29 is 14.7 Å². The Morgan fingerprint density at radius 2 is 2.08 bits per heavy atom. The van der Waals surface area contributed by atoms with Gasteiger partial charge in [-0.05, 0) is 18.9 Å². The van der Waals surface area contributed by atoms with Gasteiger partial charge in [0.25, 0.3) is 0 Å². The lowest BCUT2D eigenvalue weighted by Gasteiger charge is -2.41. The predicted molar refractivity (Wildman–Crippen MR) is 88.4 cm³/mol. The highest BCUT2D eigenvalue weighted by molar-refractivity contribution is 5.88. The van der Waals surface area contributed by atoms with E-state index in [9.17, 15) is 14.7 Å². The van der Waals surface area contributed by atoms with E-state index in [2.05, 4.69) is 47.3 Å². The molecule has 1 amide bonds. The molecule has 1 atom stereocenters. The highest BCUT2D eigenvalue weighted by Gasteiger charge is 2.51. The number of hydrogen-bond acceptors (Lipinski definition) is 4. The van der Waals surface area contributed by atoms with Gasteiger partial charge >= 0.3 is 5.97 Å². The third-order valence-electron chi connectivity index (χ3n) is 5.28. The summed E-state index contributed by atoms with van der Waals surface area (Å²) in [6, 6.07) is 2.10. The minimum absolute atomic E-state index is 0.0174. The Hall–Kier alpha value is -1.89. The van der Waals surface area contributed by atoms with Crippen LogP contribution in [0, 0.1) is 5.92 Å². The van der Waals surface area contributed by atoms with Gasteiger partial charge in [-0.15, -0.1) is 0 Å². The first-order valence-electron chi connectivity index (χ1n) is 8.50. The minimum atomic E-state index is -0.870. The summed E-state index contributed by atoms with van der Waals surface area (Å²) in [5, 5.41) is 19.8. The third-order valence-corrected chi connectivity index (χ3v) is 5.28. The number of nitrogens with one attached hydrogen (secondary N) is 2. The van der Waals surface area contributed by atoms with Crippen LogP contribution in [0.5, 0.6) is 0 Å². The first-order chi connectivity index (χ1) is 11.2. The molecule has 132 valence electrons. The first-order valence-corrected chi connectivity index (χ1v) is 8.50. The van der Waals surface area contributed by atoms with Crippen molar-refractivity contribution in [2.45, 2.75) is 57.5 Å². The van der Waals surface area contributed by atoms with Crippen LogP contribution in [-0.4, -0.2) is 50.7 Å². The van der Waals surface area contributed by atoms with Gasteiger partial charge < -0.3 is 10.4 Å². The zero-order valence-corrected chi connectivity index (χ0v) is 14.6. The van der Waals surface area contributed by atoms with Crippen LogP contribution in [0.1, 0.15) is 51.4 Å². The number of aromatic nitrogens is 2. The standard InChI is InChI=1S/C17H26N4O3/c1-16(2,3)13-8-11(19-20-13)10-21-6-4-17(5-7-21)12(15(23)24)9-14(22)18-17/h8,12H,4-7,9-10H2,1-3H3,(H,18,22)(H,19,20)(H,23,24)/t12-/m1/s1. The molecule has 2 aliphatic rings. The van der Waals surface area contributed by atoms with Crippen molar-refractivity contribution in [1.29, 1.82) is 0 Å². The highest BCUT2D eigenvalue weighted by Crippen LogP contribution is 2.37. The van der Waals surface area contributed by atoms with Crippen LogP contribution in [0.2, 0.25) is 0 Å². The summed E-state index contributed by atoms with van der Waals surface area (Å²) in [6.45, 7) is 8.71. The molecule has 0 unspecified atom stereocenters. The summed E-state index contributed by atoms with van der Waals surface area (Å²) >= 11 is 0. The number of amides is 1. The lowest BCUT2D eigenvalue weighted by Crippen LogP contribution is -2.55. The molecule has 24 heavy (non-hydrogen) atoms. The molecule has 7 heteroatoms. The molecule has 3 rings (SSSR count). The number of carbonyl (C=O) groups is 2. The molecule has 1 spiro atoms. The monoisotopic (exact) mass is 334 g/mol. The van der Waals surface area contributed by atoms with E-state index in [0.717, 1.165) is 31.0 Å². The van der Waals surface area contributed by atoms with Gasteiger partial charge in [0.2, 0.25) is 5.91 Å². The third kappa shape index (κ3) is 3.17. The minimum Gasteiger partial charge on any atom is -0.481 e. The smallest absolute Gasteiger partial charge is 0.309 e. The SMILES string of the molecule is CC(C)(C)c1cc(CN2CCC3(CC2)NC(=O)C[C@@H]3C(=O)O)[nH]n1. The van der Waals surface area contributed by atoms with E-state index < -0.39 is 17.4 Å².